The van der Waals surface area contributed by atoms with Gasteiger partial charge < -0.3 is 10.2 Å². The van der Waals surface area contributed by atoms with Crippen LogP contribution in [0.3, 0.4) is 0 Å². The molecule has 0 radical (unpaired) electrons. The zero-order valence-electron chi connectivity index (χ0n) is 18.2. The Balaban J connectivity index is 1.60. The number of likely N-dealkylation sites (N-methyl/N-ethyl adjacent to an activating group) is 2. The third-order valence-electron chi connectivity index (χ3n) is 7.54. The molecule has 1 spiro atoms. The van der Waals surface area contributed by atoms with Crippen LogP contribution in [-0.2, 0) is 9.59 Å². The van der Waals surface area contributed by atoms with Crippen LogP contribution in [0.2, 0.25) is 0 Å². The molecule has 2 saturated heterocycles. The van der Waals surface area contributed by atoms with Crippen molar-refractivity contribution in [1.82, 2.24) is 20.0 Å². The first-order valence-electron chi connectivity index (χ1n) is 11.4. The third-order valence-corrected chi connectivity index (χ3v) is 7.54. The maximum atomic E-state index is 12.8. The Morgan fingerprint density at radius 3 is 2.57 bits per heavy atom. The summed E-state index contributed by atoms with van der Waals surface area (Å²) in [5.74, 6) is 1.01. The Morgan fingerprint density at radius 1 is 1.11 bits per heavy atom. The van der Waals surface area contributed by atoms with Crippen molar-refractivity contribution >= 4 is 11.8 Å². The molecule has 2 heterocycles. The summed E-state index contributed by atoms with van der Waals surface area (Å²) in [7, 11) is 4.06. The lowest BCUT2D eigenvalue weighted by molar-refractivity contribution is -0.132. The predicted octanol–water partition coefficient (Wildman–Crippen LogP) is 2.09. The number of carbonyl (C=O) groups is 2. The highest BCUT2D eigenvalue weighted by molar-refractivity contribution is 5.78. The van der Waals surface area contributed by atoms with Crippen LogP contribution in [0.15, 0.2) is 0 Å². The number of nitrogens with zero attached hydrogens (tertiary/aromatic N) is 3. The first-order chi connectivity index (χ1) is 13.4. The lowest BCUT2D eigenvalue weighted by Gasteiger charge is -2.48. The maximum absolute atomic E-state index is 12.8. The third kappa shape index (κ3) is 4.88. The highest BCUT2D eigenvalue weighted by Gasteiger charge is 2.50. The highest BCUT2D eigenvalue weighted by atomic mass is 16.2. The minimum atomic E-state index is -0.0223. The molecule has 6 nitrogen and oxygen atoms in total. The molecule has 2 amide bonds. The van der Waals surface area contributed by atoms with Gasteiger partial charge in [-0.05, 0) is 58.5 Å². The van der Waals surface area contributed by atoms with Gasteiger partial charge in [0, 0.05) is 39.1 Å². The molecular weight excluding hydrogens is 352 g/mol. The predicted molar refractivity (Wildman–Crippen MR) is 112 cm³/mol. The molecule has 0 bridgehead atoms. The molecule has 3 rings (SSSR count). The summed E-state index contributed by atoms with van der Waals surface area (Å²) in [5, 5.41) is 3.42. The van der Waals surface area contributed by atoms with E-state index in [-0.39, 0.29) is 23.4 Å². The van der Waals surface area contributed by atoms with E-state index in [1.807, 2.05) is 14.0 Å². The molecule has 2 unspecified atom stereocenters. The van der Waals surface area contributed by atoms with Gasteiger partial charge in [-0.2, -0.15) is 0 Å². The van der Waals surface area contributed by atoms with Crippen molar-refractivity contribution in [3.8, 4) is 0 Å². The normalized spacial score (nSPS) is 29.9. The molecule has 1 aliphatic carbocycles. The number of hydrogen-bond donors (Lipinski definition) is 1. The van der Waals surface area contributed by atoms with E-state index >= 15 is 0 Å². The van der Waals surface area contributed by atoms with Gasteiger partial charge in [-0.25, -0.2) is 0 Å². The van der Waals surface area contributed by atoms with E-state index in [2.05, 4.69) is 22.2 Å². The standard InChI is InChI=1S/C22H40N4O2/c1-4-24(2)21(28)16-26-13-8-12-22(17-26)19(11-14-25(22)3)23-20(27)15-18-9-6-5-7-10-18/h18-19H,4-17H2,1-3H3,(H,23,27). The molecule has 2 atom stereocenters. The second-order valence-electron chi connectivity index (χ2n) is 9.36. The van der Waals surface area contributed by atoms with E-state index in [0.29, 0.717) is 18.9 Å². The smallest absolute Gasteiger partial charge is 0.236 e. The van der Waals surface area contributed by atoms with Crippen molar-refractivity contribution in [2.24, 2.45) is 5.92 Å². The van der Waals surface area contributed by atoms with Crippen LogP contribution in [0.4, 0.5) is 0 Å². The first-order valence-corrected chi connectivity index (χ1v) is 11.4. The summed E-state index contributed by atoms with van der Waals surface area (Å²) in [5.41, 5.74) is -0.0223. The van der Waals surface area contributed by atoms with Crippen molar-refractivity contribution < 1.29 is 9.59 Å². The van der Waals surface area contributed by atoms with Gasteiger partial charge >= 0.3 is 0 Å². The van der Waals surface area contributed by atoms with Crippen molar-refractivity contribution in [1.29, 1.82) is 0 Å². The molecule has 3 fully saturated rings. The molecule has 2 aliphatic heterocycles. The number of carbonyl (C=O) groups excluding carboxylic acids is 2. The van der Waals surface area contributed by atoms with E-state index in [9.17, 15) is 9.59 Å². The van der Waals surface area contributed by atoms with Crippen molar-refractivity contribution in [2.45, 2.75) is 76.3 Å². The summed E-state index contributed by atoms with van der Waals surface area (Å²) in [6, 6.07) is 0.204. The van der Waals surface area contributed by atoms with Gasteiger partial charge in [0.15, 0.2) is 0 Å². The molecule has 0 aromatic rings. The minimum absolute atomic E-state index is 0.0223. The monoisotopic (exact) mass is 392 g/mol. The Hall–Kier alpha value is -1.14. The van der Waals surface area contributed by atoms with Crippen LogP contribution in [0.1, 0.15) is 64.7 Å². The van der Waals surface area contributed by atoms with Gasteiger partial charge in [0.25, 0.3) is 0 Å². The quantitative estimate of drug-likeness (QED) is 0.752. The molecule has 6 heteroatoms. The van der Waals surface area contributed by atoms with Gasteiger partial charge in [-0.1, -0.05) is 19.3 Å². The van der Waals surface area contributed by atoms with Crippen LogP contribution < -0.4 is 5.32 Å². The van der Waals surface area contributed by atoms with Crippen molar-refractivity contribution in [2.75, 3.05) is 46.8 Å². The fraction of sp³-hybridized carbons (Fsp3) is 0.909. The minimum Gasteiger partial charge on any atom is -0.351 e. The van der Waals surface area contributed by atoms with E-state index in [4.69, 9.17) is 0 Å². The van der Waals surface area contributed by atoms with Crippen LogP contribution in [0.25, 0.3) is 0 Å². The van der Waals surface area contributed by atoms with Gasteiger partial charge in [0.1, 0.15) is 0 Å². The molecule has 3 aliphatic rings. The molecule has 0 aromatic carbocycles. The van der Waals surface area contributed by atoms with Crippen LogP contribution in [0, 0.1) is 5.92 Å². The Kier molecular flexibility index (Phi) is 7.37. The van der Waals surface area contributed by atoms with E-state index in [0.717, 1.165) is 45.4 Å². The molecule has 28 heavy (non-hydrogen) atoms. The van der Waals surface area contributed by atoms with Gasteiger partial charge in [0.05, 0.1) is 12.1 Å². The summed E-state index contributed by atoms with van der Waals surface area (Å²) in [4.78, 5) is 31.7. The molecular formula is C22H40N4O2. The van der Waals surface area contributed by atoms with Crippen LogP contribution in [-0.4, -0.2) is 84.9 Å². The van der Waals surface area contributed by atoms with Crippen molar-refractivity contribution in [3.05, 3.63) is 0 Å². The van der Waals surface area contributed by atoms with Crippen molar-refractivity contribution in [3.63, 3.8) is 0 Å². The second-order valence-corrected chi connectivity index (χ2v) is 9.36. The molecule has 1 saturated carbocycles. The molecule has 0 aromatic heterocycles. The number of rotatable bonds is 6. The Labute approximate surface area is 171 Å². The van der Waals surface area contributed by atoms with Gasteiger partial charge in [-0.15, -0.1) is 0 Å². The van der Waals surface area contributed by atoms with E-state index in [1.54, 1.807) is 4.90 Å². The number of hydrogen-bond acceptors (Lipinski definition) is 4. The number of amides is 2. The maximum Gasteiger partial charge on any atom is 0.236 e. The zero-order valence-corrected chi connectivity index (χ0v) is 18.2. The second kappa shape index (κ2) is 9.57. The largest absolute Gasteiger partial charge is 0.351 e. The fourth-order valence-corrected chi connectivity index (χ4v) is 5.57. The summed E-state index contributed by atoms with van der Waals surface area (Å²) < 4.78 is 0. The zero-order chi connectivity index (χ0) is 20.1. The van der Waals surface area contributed by atoms with Crippen LogP contribution >= 0.6 is 0 Å². The number of nitrogens with one attached hydrogen (secondary N) is 1. The summed E-state index contributed by atoms with van der Waals surface area (Å²) in [6.07, 6.45) is 10.2. The van der Waals surface area contributed by atoms with Crippen LogP contribution in [0.5, 0.6) is 0 Å². The molecule has 160 valence electrons. The average Bonchev–Trinajstić information content (AvgIpc) is 2.97. The Bertz CT molecular complexity index is 549. The number of likely N-dealkylation sites (tertiary alicyclic amines) is 2. The lowest BCUT2D eigenvalue weighted by atomic mass is 9.82. The molecule has 1 N–H and O–H groups in total. The lowest BCUT2D eigenvalue weighted by Crippen LogP contribution is -2.64. The number of piperidine rings is 1. The fourth-order valence-electron chi connectivity index (χ4n) is 5.57. The van der Waals surface area contributed by atoms with E-state index < -0.39 is 0 Å². The van der Waals surface area contributed by atoms with Gasteiger partial charge in [0.2, 0.25) is 11.8 Å². The first kappa shape index (κ1) is 21.6. The SMILES string of the molecule is CCN(C)C(=O)CN1CCCC2(C1)C(NC(=O)CC1CCCCC1)CCN2C. The average molecular weight is 393 g/mol. The van der Waals surface area contributed by atoms with Gasteiger partial charge in [-0.3, -0.25) is 19.4 Å². The summed E-state index contributed by atoms with van der Waals surface area (Å²) in [6.45, 7) is 6.12. The highest BCUT2D eigenvalue weighted by Crippen LogP contribution is 2.37. The summed E-state index contributed by atoms with van der Waals surface area (Å²) >= 11 is 0. The topological polar surface area (TPSA) is 55.9 Å². The van der Waals surface area contributed by atoms with E-state index in [1.165, 1.54) is 32.1 Å². The Morgan fingerprint density at radius 2 is 1.86 bits per heavy atom.